The number of fused-ring (bicyclic) bond motifs is 5. The van der Waals surface area contributed by atoms with E-state index in [-0.39, 0.29) is 10.8 Å². The Morgan fingerprint density at radius 3 is 2.48 bits per heavy atom. The summed E-state index contributed by atoms with van der Waals surface area (Å²) in [4.78, 5) is 13.4. The minimum Gasteiger partial charge on any atom is -0.348 e. The van der Waals surface area contributed by atoms with E-state index >= 15 is 0 Å². The summed E-state index contributed by atoms with van der Waals surface area (Å²) in [5.41, 5.74) is 0. The molecular weight excluding hydrogens is 308 g/mol. The highest BCUT2D eigenvalue weighted by Gasteiger charge is 2.65. The first-order valence-corrected chi connectivity index (χ1v) is 9.66. The molecule has 4 unspecified atom stereocenters. The van der Waals surface area contributed by atoms with E-state index in [9.17, 15) is 13.2 Å². The monoisotopic (exact) mass is 326 g/mol. The smallest absolute Gasteiger partial charge is 0.261 e. The average molecular weight is 326 g/mol. The van der Waals surface area contributed by atoms with Crippen molar-refractivity contribution in [2.75, 3.05) is 0 Å². The van der Waals surface area contributed by atoms with Crippen molar-refractivity contribution in [2.45, 2.75) is 37.1 Å². The highest BCUT2D eigenvalue weighted by Crippen LogP contribution is 2.65. The van der Waals surface area contributed by atoms with E-state index in [0.717, 1.165) is 11.8 Å². The van der Waals surface area contributed by atoms with Gasteiger partial charge in [0.25, 0.3) is 5.91 Å². The minimum atomic E-state index is -3.75. The fourth-order valence-corrected chi connectivity index (χ4v) is 6.65. The zero-order chi connectivity index (χ0) is 14.9. The Hall–Kier alpha value is -0.920. The molecule has 7 heteroatoms. The molecule has 1 aromatic heterocycles. The lowest BCUT2D eigenvalue weighted by atomic mass is 10.0. The van der Waals surface area contributed by atoms with Gasteiger partial charge in [-0.1, -0.05) is 0 Å². The van der Waals surface area contributed by atoms with E-state index in [0.29, 0.717) is 27.6 Å². The first-order valence-electron chi connectivity index (χ1n) is 7.30. The molecule has 1 heterocycles. The van der Waals surface area contributed by atoms with Crippen molar-refractivity contribution in [3.8, 4) is 0 Å². The third kappa shape index (κ3) is 2.05. The van der Waals surface area contributed by atoms with Gasteiger partial charge in [0.15, 0.2) is 0 Å². The highest BCUT2D eigenvalue weighted by atomic mass is 32.2. The third-order valence-corrected chi connectivity index (χ3v) is 7.65. The molecule has 3 N–H and O–H groups in total. The Bertz CT molecular complexity index is 709. The molecular formula is C14H18N2O3S2. The predicted molar refractivity (Wildman–Crippen MR) is 79.5 cm³/mol. The van der Waals surface area contributed by atoms with E-state index < -0.39 is 10.0 Å². The van der Waals surface area contributed by atoms with Gasteiger partial charge in [0.05, 0.1) is 9.77 Å². The van der Waals surface area contributed by atoms with Crippen LogP contribution in [0.3, 0.4) is 0 Å². The fourth-order valence-electron chi connectivity index (χ4n) is 4.60. The Morgan fingerprint density at radius 1 is 1.33 bits per heavy atom. The van der Waals surface area contributed by atoms with Crippen LogP contribution in [0, 0.1) is 30.6 Å². The molecule has 114 valence electrons. The van der Waals surface area contributed by atoms with Gasteiger partial charge in [0.1, 0.15) is 0 Å². The van der Waals surface area contributed by atoms with Crippen molar-refractivity contribution in [2.24, 2.45) is 28.8 Å². The molecule has 3 fully saturated rings. The largest absolute Gasteiger partial charge is 0.348 e. The maximum absolute atomic E-state index is 12.3. The molecule has 5 nitrogen and oxygen atoms in total. The van der Waals surface area contributed by atoms with Gasteiger partial charge in [-0.2, -0.15) is 0 Å². The second-order valence-electron chi connectivity index (χ2n) is 6.56. The van der Waals surface area contributed by atoms with E-state index in [1.165, 1.54) is 36.7 Å². The zero-order valence-corrected chi connectivity index (χ0v) is 13.3. The normalized spacial score (nSPS) is 36.6. The van der Waals surface area contributed by atoms with Gasteiger partial charge >= 0.3 is 0 Å². The van der Waals surface area contributed by atoms with Crippen LogP contribution in [0.5, 0.6) is 0 Å². The summed E-state index contributed by atoms with van der Waals surface area (Å²) in [5, 5.41) is 8.25. The first kappa shape index (κ1) is 13.7. The third-order valence-electron chi connectivity index (χ3n) is 5.44. The molecule has 2 bridgehead atoms. The molecule has 0 spiro atoms. The molecule has 0 aromatic carbocycles. The summed E-state index contributed by atoms with van der Waals surface area (Å²) >= 11 is 1.19. The van der Waals surface area contributed by atoms with Crippen molar-refractivity contribution in [1.82, 2.24) is 5.32 Å². The summed E-state index contributed by atoms with van der Waals surface area (Å²) in [6.07, 6.45) is 3.97. The quantitative estimate of drug-likeness (QED) is 0.881. The van der Waals surface area contributed by atoms with Crippen LogP contribution in [0.2, 0.25) is 0 Å². The molecule has 4 atom stereocenters. The number of thiophene rings is 1. The van der Waals surface area contributed by atoms with Crippen molar-refractivity contribution < 1.29 is 13.2 Å². The minimum absolute atomic E-state index is 0.0636. The van der Waals surface area contributed by atoms with Crippen molar-refractivity contribution in [3.63, 3.8) is 0 Å². The molecule has 3 aliphatic carbocycles. The van der Waals surface area contributed by atoms with Crippen LogP contribution in [0.4, 0.5) is 0 Å². The Balaban J connectivity index is 1.50. The summed E-state index contributed by atoms with van der Waals surface area (Å²) < 4.78 is 22.9. The number of amides is 1. The number of carbonyl (C=O) groups is 1. The van der Waals surface area contributed by atoms with Gasteiger partial charge in [-0.3, -0.25) is 4.79 Å². The zero-order valence-electron chi connectivity index (χ0n) is 11.7. The molecule has 0 aliphatic heterocycles. The number of sulfonamides is 1. The van der Waals surface area contributed by atoms with Crippen molar-refractivity contribution in [3.05, 3.63) is 15.8 Å². The Kier molecular flexibility index (Phi) is 2.81. The van der Waals surface area contributed by atoms with Crippen LogP contribution in [0.1, 0.15) is 33.8 Å². The first-order chi connectivity index (χ1) is 9.86. The standard InChI is InChI=1S/C14H18N2O3S2/c1-6-10(21(15,18)19)5-9(20-6)14(17)16-13-11-7-2-3-8(4-7)12(11)13/h5,7-8,11-13H,2-4H2,1H3,(H,16,17)(H2,15,18,19). The van der Waals surface area contributed by atoms with Crippen LogP contribution < -0.4 is 10.5 Å². The number of hydrogen-bond donors (Lipinski definition) is 2. The predicted octanol–water partition coefficient (Wildman–Crippen LogP) is 1.48. The summed E-state index contributed by atoms with van der Waals surface area (Å²) in [7, 11) is -3.75. The number of carbonyl (C=O) groups excluding carboxylic acids is 1. The van der Waals surface area contributed by atoms with Crippen LogP contribution in [-0.4, -0.2) is 20.4 Å². The van der Waals surface area contributed by atoms with Crippen LogP contribution >= 0.6 is 11.3 Å². The SMILES string of the molecule is Cc1sc(C(=O)NC2C3C4CCC(C4)C23)cc1S(N)(=O)=O. The summed E-state index contributed by atoms with van der Waals surface area (Å²) in [6.45, 7) is 1.67. The second-order valence-corrected chi connectivity index (χ2v) is 9.35. The van der Waals surface area contributed by atoms with Gasteiger partial charge in [-0.15, -0.1) is 11.3 Å². The number of primary sulfonamides is 1. The van der Waals surface area contributed by atoms with Crippen molar-refractivity contribution in [1.29, 1.82) is 0 Å². The molecule has 1 amide bonds. The van der Waals surface area contributed by atoms with E-state index in [1.807, 2.05) is 0 Å². The van der Waals surface area contributed by atoms with Crippen LogP contribution in [0.25, 0.3) is 0 Å². The maximum atomic E-state index is 12.3. The van der Waals surface area contributed by atoms with Crippen LogP contribution in [0.15, 0.2) is 11.0 Å². The van der Waals surface area contributed by atoms with E-state index in [2.05, 4.69) is 5.32 Å². The lowest BCUT2D eigenvalue weighted by molar-refractivity contribution is 0.0948. The molecule has 3 aliphatic rings. The molecule has 1 aromatic rings. The van der Waals surface area contributed by atoms with Gasteiger partial charge in [-0.05, 0) is 55.9 Å². The highest BCUT2D eigenvalue weighted by molar-refractivity contribution is 7.89. The second kappa shape index (κ2) is 4.30. The topological polar surface area (TPSA) is 89.3 Å². The lowest BCUT2D eigenvalue weighted by Gasteiger charge is -2.09. The molecule has 0 saturated heterocycles. The van der Waals surface area contributed by atoms with Crippen LogP contribution in [-0.2, 0) is 10.0 Å². The number of nitrogens with two attached hydrogens (primary N) is 1. The molecule has 3 saturated carbocycles. The van der Waals surface area contributed by atoms with E-state index in [4.69, 9.17) is 5.14 Å². The lowest BCUT2D eigenvalue weighted by Crippen LogP contribution is -2.29. The number of aryl methyl sites for hydroxylation is 1. The number of rotatable bonds is 3. The number of hydrogen-bond acceptors (Lipinski definition) is 4. The average Bonchev–Trinajstić information content (AvgIpc) is 2.81. The molecule has 0 radical (unpaired) electrons. The van der Waals surface area contributed by atoms with Gasteiger partial charge < -0.3 is 5.32 Å². The summed E-state index contributed by atoms with van der Waals surface area (Å²) in [6, 6.07) is 1.71. The maximum Gasteiger partial charge on any atom is 0.261 e. The van der Waals surface area contributed by atoms with E-state index in [1.54, 1.807) is 6.92 Å². The van der Waals surface area contributed by atoms with Gasteiger partial charge in [-0.25, -0.2) is 13.6 Å². The number of nitrogens with one attached hydrogen (secondary N) is 1. The molecule has 4 rings (SSSR count). The summed E-state index contributed by atoms with van der Waals surface area (Å²) in [5.74, 6) is 2.79. The Labute approximate surface area is 128 Å². The van der Waals surface area contributed by atoms with Gasteiger partial charge in [0, 0.05) is 10.9 Å². The van der Waals surface area contributed by atoms with Gasteiger partial charge in [0.2, 0.25) is 10.0 Å². The fraction of sp³-hybridized carbons (Fsp3) is 0.643. The Morgan fingerprint density at radius 2 is 1.95 bits per heavy atom. The van der Waals surface area contributed by atoms with Crippen molar-refractivity contribution >= 4 is 27.3 Å². The molecule has 21 heavy (non-hydrogen) atoms.